The zero-order chi connectivity index (χ0) is 15.6. The predicted molar refractivity (Wildman–Crippen MR) is 83.8 cm³/mol. The highest BCUT2D eigenvalue weighted by molar-refractivity contribution is 7.86. The number of piperidine rings is 1. The molecular formula is C15H23N3O3S. The van der Waals surface area contributed by atoms with E-state index >= 15 is 0 Å². The van der Waals surface area contributed by atoms with E-state index in [1.54, 1.807) is 8.61 Å². The first-order valence-corrected chi connectivity index (χ1v) is 9.23. The van der Waals surface area contributed by atoms with Crippen LogP contribution in [0.4, 0.5) is 0 Å². The fourth-order valence-electron chi connectivity index (χ4n) is 3.13. The fourth-order valence-corrected chi connectivity index (χ4v) is 4.79. The summed E-state index contributed by atoms with van der Waals surface area (Å²) in [5, 5.41) is 0. The molecule has 1 aromatic rings. The first-order chi connectivity index (χ1) is 10.6. The van der Waals surface area contributed by atoms with Crippen molar-refractivity contribution >= 4 is 10.2 Å². The van der Waals surface area contributed by atoms with Crippen LogP contribution in [0.5, 0.6) is 0 Å². The average Bonchev–Trinajstić information content (AvgIpc) is 2.56. The van der Waals surface area contributed by atoms with Gasteiger partial charge in [0.2, 0.25) is 0 Å². The van der Waals surface area contributed by atoms with Crippen LogP contribution in [0.1, 0.15) is 30.1 Å². The topological polar surface area (TPSA) is 62.7 Å². The second-order valence-electron chi connectivity index (χ2n) is 5.92. The molecule has 1 atom stereocenters. The van der Waals surface area contributed by atoms with Gasteiger partial charge in [-0.25, -0.2) is 0 Å². The van der Waals surface area contributed by atoms with E-state index in [4.69, 9.17) is 4.74 Å². The second kappa shape index (κ2) is 6.62. The Morgan fingerprint density at radius 3 is 2.68 bits per heavy atom. The van der Waals surface area contributed by atoms with Gasteiger partial charge in [-0.15, -0.1) is 0 Å². The Balaban J connectivity index is 1.75. The van der Waals surface area contributed by atoms with E-state index < -0.39 is 10.2 Å². The highest BCUT2D eigenvalue weighted by Crippen LogP contribution is 2.28. The fraction of sp³-hybridized carbons (Fsp3) is 0.667. The predicted octanol–water partition coefficient (Wildman–Crippen LogP) is 1.15. The van der Waals surface area contributed by atoms with Crippen molar-refractivity contribution in [3.63, 3.8) is 0 Å². The Morgan fingerprint density at radius 2 is 1.95 bits per heavy atom. The number of nitrogens with zero attached hydrogens (tertiary/aromatic N) is 3. The van der Waals surface area contributed by atoms with Crippen molar-refractivity contribution in [3.8, 4) is 0 Å². The van der Waals surface area contributed by atoms with Gasteiger partial charge in [-0.05, 0) is 31.9 Å². The van der Waals surface area contributed by atoms with Gasteiger partial charge in [0.05, 0.1) is 13.2 Å². The van der Waals surface area contributed by atoms with Crippen molar-refractivity contribution in [2.75, 3.05) is 39.4 Å². The Hall–Kier alpha value is -1.02. The Morgan fingerprint density at radius 1 is 1.18 bits per heavy atom. The molecule has 3 rings (SSSR count). The molecule has 2 aliphatic heterocycles. The Kier molecular flexibility index (Phi) is 4.77. The molecule has 0 aliphatic carbocycles. The van der Waals surface area contributed by atoms with E-state index in [1.807, 2.05) is 25.1 Å². The van der Waals surface area contributed by atoms with E-state index in [-0.39, 0.29) is 5.92 Å². The normalized spacial score (nSPS) is 25.2. The molecule has 0 aromatic carbocycles. The van der Waals surface area contributed by atoms with Crippen LogP contribution in [0, 0.1) is 6.92 Å². The van der Waals surface area contributed by atoms with Crippen LogP contribution < -0.4 is 0 Å². The summed E-state index contributed by atoms with van der Waals surface area (Å²) in [6, 6.07) is 5.96. The maximum absolute atomic E-state index is 12.8. The van der Waals surface area contributed by atoms with E-state index in [2.05, 4.69) is 4.98 Å². The monoisotopic (exact) mass is 325 g/mol. The third-order valence-electron chi connectivity index (χ3n) is 4.33. The molecule has 7 heteroatoms. The first kappa shape index (κ1) is 15.9. The van der Waals surface area contributed by atoms with Crippen LogP contribution in [0.2, 0.25) is 0 Å². The molecule has 0 spiro atoms. The summed E-state index contributed by atoms with van der Waals surface area (Å²) in [6.07, 6.45) is 1.87. The van der Waals surface area contributed by atoms with Crippen molar-refractivity contribution in [3.05, 3.63) is 29.6 Å². The highest BCUT2D eigenvalue weighted by atomic mass is 32.2. The molecule has 0 N–H and O–H groups in total. The Labute approximate surface area is 132 Å². The standard InChI is InChI=1S/C15H23N3O3S/c1-13-4-2-6-15(16-13)14-5-3-7-18(12-14)22(19,20)17-8-10-21-11-9-17/h2,4,6,14H,3,5,7-12H2,1H3/t14-/m0/s1. The second-order valence-corrected chi connectivity index (χ2v) is 7.85. The van der Waals surface area contributed by atoms with Crippen LogP contribution >= 0.6 is 0 Å². The summed E-state index contributed by atoms with van der Waals surface area (Å²) >= 11 is 0. The third kappa shape index (κ3) is 3.32. The van der Waals surface area contributed by atoms with Gasteiger partial charge in [0.25, 0.3) is 10.2 Å². The van der Waals surface area contributed by atoms with Gasteiger partial charge in [-0.1, -0.05) is 6.07 Å². The van der Waals surface area contributed by atoms with Gasteiger partial charge in [-0.2, -0.15) is 17.0 Å². The smallest absolute Gasteiger partial charge is 0.282 e. The summed E-state index contributed by atoms with van der Waals surface area (Å²) < 4.78 is 33.9. The van der Waals surface area contributed by atoms with Crippen LogP contribution in [0.3, 0.4) is 0 Å². The quantitative estimate of drug-likeness (QED) is 0.836. The molecular weight excluding hydrogens is 302 g/mol. The minimum Gasteiger partial charge on any atom is -0.379 e. The van der Waals surface area contributed by atoms with Crippen LogP contribution in [0.15, 0.2) is 18.2 Å². The number of aromatic nitrogens is 1. The Bertz CT molecular complexity index is 614. The van der Waals surface area contributed by atoms with E-state index in [0.29, 0.717) is 39.4 Å². The van der Waals surface area contributed by atoms with Crippen molar-refractivity contribution in [2.45, 2.75) is 25.7 Å². The molecule has 0 bridgehead atoms. The molecule has 0 radical (unpaired) electrons. The lowest BCUT2D eigenvalue weighted by Crippen LogP contribution is -2.51. The molecule has 122 valence electrons. The molecule has 6 nitrogen and oxygen atoms in total. The largest absolute Gasteiger partial charge is 0.379 e. The molecule has 1 aromatic heterocycles. The molecule has 2 fully saturated rings. The SMILES string of the molecule is Cc1cccc([C@H]2CCCN(S(=O)(=O)N3CCOCC3)C2)n1. The van der Waals surface area contributed by atoms with E-state index in [0.717, 1.165) is 24.2 Å². The zero-order valence-electron chi connectivity index (χ0n) is 12.9. The summed E-state index contributed by atoms with van der Waals surface area (Å²) in [5.74, 6) is 0.185. The van der Waals surface area contributed by atoms with E-state index in [1.165, 1.54) is 0 Å². The lowest BCUT2D eigenvalue weighted by atomic mass is 9.95. The van der Waals surface area contributed by atoms with Crippen molar-refractivity contribution in [2.24, 2.45) is 0 Å². The first-order valence-electron chi connectivity index (χ1n) is 7.84. The summed E-state index contributed by atoms with van der Waals surface area (Å²) in [6.45, 7) is 4.96. The number of hydrogen-bond acceptors (Lipinski definition) is 4. The van der Waals surface area contributed by atoms with Gasteiger partial charge >= 0.3 is 0 Å². The molecule has 2 aliphatic rings. The van der Waals surface area contributed by atoms with Crippen LogP contribution in [-0.2, 0) is 14.9 Å². The van der Waals surface area contributed by atoms with Gasteiger partial charge in [0.15, 0.2) is 0 Å². The summed E-state index contributed by atoms with van der Waals surface area (Å²) in [7, 11) is -3.38. The van der Waals surface area contributed by atoms with Gasteiger partial charge in [0.1, 0.15) is 0 Å². The summed E-state index contributed by atoms with van der Waals surface area (Å²) in [4.78, 5) is 4.57. The van der Waals surface area contributed by atoms with Gasteiger partial charge in [-0.3, -0.25) is 4.98 Å². The number of aryl methyl sites for hydroxylation is 1. The van der Waals surface area contributed by atoms with Crippen molar-refractivity contribution in [1.29, 1.82) is 0 Å². The number of ether oxygens (including phenoxy) is 1. The average molecular weight is 325 g/mol. The molecule has 0 amide bonds. The summed E-state index contributed by atoms with van der Waals surface area (Å²) in [5.41, 5.74) is 1.98. The van der Waals surface area contributed by atoms with Crippen LogP contribution in [-0.4, -0.2) is 61.4 Å². The van der Waals surface area contributed by atoms with Gasteiger partial charge < -0.3 is 4.74 Å². The zero-order valence-corrected chi connectivity index (χ0v) is 13.8. The van der Waals surface area contributed by atoms with E-state index in [9.17, 15) is 8.42 Å². The number of morpholine rings is 1. The molecule has 2 saturated heterocycles. The van der Waals surface area contributed by atoms with Gasteiger partial charge in [0, 0.05) is 43.5 Å². The lowest BCUT2D eigenvalue weighted by molar-refractivity contribution is 0.0695. The minimum absolute atomic E-state index is 0.185. The molecule has 3 heterocycles. The number of hydrogen-bond donors (Lipinski definition) is 0. The maximum Gasteiger partial charge on any atom is 0.282 e. The number of pyridine rings is 1. The van der Waals surface area contributed by atoms with Crippen molar-refractivity contribution in [1.82, 2.24) is 13.6 Å². The molecule has 0 saturated carbocycles. The molecule has 22 heavy (non-hydrogen) atoms. The van der Waals surface area contributed by atoms with Crippen molar-refractivity contribution < 1.29 is 13.2 Å². The highest BCUT2D eigenvalue weighted by Gasteiger charge is 2.35. The van der Waals surface area contributed by atoms with Crippen LogP contribution in [0.25, 0.3) is 0 Å². The minimum atomic E-state index is -3.38. The lowest BCUT2D eigenvalue weighted by Gasteiger charge is -2.36. The third-order valence-corrected chi connectivity index (χ3v) is 6.34. The molecule has 0 unspecified atom stereocenters. The number of rotatable bonds is 3. The maximum atomic E-state index is 12.8.